The summed E-state index contributed by atoms with van der Waals surface area (Å²) >= 11 is 0. The molecular formula is C16H26N2O. The topological polar surface area (TPSA) is 23.6 Å². The number of nitrogens with zero attached hydrogens (tertiary/aromatic N) is 2. The van der Waals surface area contributed by atoms with Crippen LogP contribution in [-0.2, 0) is 11.3 Å². The average Bonchev–Trinajstić information content (AvgIpc) is 2.43. The van der Waals surface area contributed by atoms with E-state index in [1.54, 1.807) is 0 Å². The van der Waals surface area contributed by atoms with Crippen molar-refractivity contribution in [1.82, 2.24) is 9.80 Å². The molecule has 0 aliphatic heterocycles. The number of carbonyl (C=O) groups is 1. The van der Waals surface area contributed by atoms with Crippen molar-refractivity contribution in [2.75, 3.05) is 27.2 Å². The molecule has 0 aromatic heterocycles. The van der Waals surface area contributed by atoms with Crippen LogP contribution in [0.15, 0.2) is 30.3 Å². The van der Waals surface area contributed by atoms with Crippen molar-refractivity contribution in [3.8, 4) is 0 Å². The molecule has 0 aliphatic carbocycles. The molecule has 0 saturated heterocycles. The van der Waals surface area contributed by atoms with Crippen LogP contribution in [0.1, 0.15) is 31.7 Å². The molecule has 0 N–H and O–H groups in total. The first-order chi connectivity index (χ1) is 9.13. The van der Waals surface area contributed by atoms with Crippen molar-refractivity contribution in [3.63, 3.8) is 0 Å². The normalized spacial score (nSPS) is 10.7. The lowest BCUT2D eigenvalue weighted by Gasteiger charge is -2.20. The zero-order chi connectivity index (χ0) is 14.1. The molecule has 0 spiro atoms. The summed E-state index contributed by atoms with van der Waals surface area (Å²) in [5, 5.41) is 0. The molecule has 1 aromatic carbocycles. The molecule has 0 radical (unpaired) electrons. The number of rotatable bonds is 8. The van der Waals surface area contributed by atoms with E-state index in [9.17, 15) is 4.79 Å². The van der Waals surface area contributed by atoms with E-state index in [1.807, 2.05) is 30.1 Å². The van der Waals surface area contributed by atoms with Gasteiger partial charge in [0.05, 0.1) is 0 Å². The first kappa shape index (κ1) is 15.7. The van der Waals surface area contributed by atoms with E-state index >= 15 is 0 Å². The van der Waals surface area contributed by atoms with E-state index in [1.165, 1.54) is 18.4 Å². The van der Waals surface area contributed by atoms with E-state index < -0.39 is 0 Å². The van der Waals surface area contributed by atoms with Gasteiger partial charge in [0.15, 0.2) is 0 Å². The molecule has 1 rings (SSSR count). The highest BCUT2D eigenvalue weighted by atomic mass is 16.2. The van der Waals surface area contributed by atoms with Crippen LogP contribution in [0.25, 0.3) is 0 Å². The highest BCUT2D eigenvalue weighted by Gasteiger charge is 2.10. The summed E-state index contributed by atoms with van der Waals surface area (Å²) in [5.74, 6) is 0.215. The Labute approximate surface area is 117 Å². The maximum absolute atomic E-state index is 12.0. The molecule has 3 heteroatoms. The van der Waals surface area contributed by atoms with Crippen molar-refractivity contribution in [3.05, 3.63) is 35.9 Å². The summed E-state index contributed by atoms with van der Waals surface area (Å²) in [5.41, 5.74) is 1.18. The van der Waals surface area contributed by atoms with Crippen LogP contribution in [0.5, 0.6) is 0 Å². The number of hydrogen-bond donors (Lipinski definition) is 0. The van der Waals surface area contributed by atoms with Gasteiger partial charge in [0.25, 0.3) is 0 Å². The molecule has 0 aliphatic rings. The van der Waals surface area contributed by atoms with Gasteiger partial charge < -0.3 is 9.80 Å². The Bertz CT molecular complexity index is 364. The lowest BCUT2D eigenvalue weighted by Crippen LogP contribution is -2.30. The zero-order valence-corrected chi connectivity index (χ0v) is 12.4. The van der Waals surface area contributed by atoms with Gasteiger partial charge in [-0.05, 0) is 25.6 Å². The maximum atomic E-state index is 12.0. The van der Waals surface area contributed by atoms with Crippen molar-refractivity contribution in [2.24, 2.45) is 0 Å². The Morgan fingerprint density at radius 1 is 1.11 bits per heavy atom. The first-order valence-corrected chi connectivity index (χ1v) is 7.10. The van der Waals surface area contributed by atoms with Gasteiger partial charge in [-0.3, -0.25) is 4.79 Å². The molecule has 1 aromatic rings. The number of hydrogen-bond acceptors (Lipinski definition) is 2. The van der Waals surface area contributed by atoms with Crippen LogP contribution < -0.4 is 0 Å². The minimum Gasteiger partial charge on any atom is -0.341 e. The fourth-order valence-electron chi connectivity index (χ4n) is 1.96. The van der Waals surface area contributed by atoms with E-state index in [2.05, 4.69) is 31.0 Å². The van der Waals surface area contributed by atoms with Gasteiger partial charge in [0.1, 0.15) is 0 Å². The summed E-state index contributed by atoms with van der Waals surface area (Å²) in [6, 6.07) is 10.1. The average molecular weight is 262 g/mol. The molecule has 106 valence electrons. The van der Waals surface area contributed by atoms with Crippen LogP contribution in [0.3, 0.4) is 0 Å². The summed E-state index contributed by atoms with van der Waals surface area (Å²) in [6.45, 7) is 4.80. The minimum absolute atomic E-state index is 0.215. The summed E-state index contributed by atoms with van der Waals surface area (Å²) in [6.07, 6.45) is 3.00. The monoisotopic (exact) mass is 262 g/mol. The number of benzene rings is 1. The minimum atomic E-state index is 0.215. The van der Waals surface area contributed by atoms with Crippen molar-refractivity contribution in [1.29, 1.82) is 0 Å². The van der Waals surface area contributed by atoms with Gasteiger partial charge in [-0.1, -0.05) is 43.7 Å². The molecule has 0 atom stereocenters. The SMILES string of the molecule is CCCCN(C)CCC(=O)N(C)Cc1ccccc1. The fourth-order valence-corrected chi connectivity index (χ4v) is 1.96. The second-order valence-corrected chi connectivity index (χ2v) is 5.14. The van der Waals surface area contributed by atoms with Gasteiger partial charge in [-0.25, -0.2) is 0 Å². The predicted molar refractivity (Wildman–Crippen MR) is 79.9 cm³/mol. The Morgan fingerprint density at radius 2 is 1.79 bits per heavy atom. The fraction of sp³-hybridized carbons (Fsp3) is 0.562. The van der Waals surface area contributed by atoms with Gasteiger partial charge in [0.2, 0.25) is 5.91 Å². The molecule has 3 nitrogen and oxygen atoms in total. The zero-order valence-electron chi connectivity index (χ0n) is 12.4. The molecule has 0 heterocycles. The highest BCUT2D eigenvalue weighted by molar-refractivity contribution is 5.76. The van der Waals surface area contributed by atoms with E-state index in [0.29, 0.717) is 13.0 Å². The van der Waals surface area contributed by atoms with Crippen molar-refractivity contribution < 1.29 is 4.79 Å². The first-order valence-electron chi connectivity index (χ1n) is 7.10. The lowest BCUT2D eigenvalue weighted by molar-refractivity contribution is -0.130. The molecule has 0 unspecified atom stereocenters. The van der Waals surface area contributed by atoms with Crippen LogP contribution >= 0.6 is 0 Å². The Kier molecular flexibility index (Phi) is 7.19. The largest absolute Gasteiger partial charge is 0.341 e. The highest BCUT2D eigenvalue weighted by Crippen LogP contribution is 2.04. The Balaban J connectivity index is 2.29. The Morgan fingerprint density at radius 3 is 2.42 bits per heavy atom. The van der Waals surface area contributed by atoms with Crippen LogP contribution in [-0.4, -0.2) is 42.9 Å². The van der Waals surface area contributed by atoms with Gasteiger partial charge in [0, 0.05) is 26.6 Å². The van der Waals surface area contributed by atoms with Crippen molar-refractivity contribution >= 4 is 5.91 Å². The predicted octanol–water partition coefficient (Wildman–Crippen LogP) is 2.77. The van der Waals surface area contributed by atoms with Gasteiger partial charge >= 0.3 is 0 Å². The van der Waals surface area contributed by atoms with Crippen LogP contribution in [0, 0.1) is 0 Å². The summed E-state index contributed by atoms with van der Waals surface area (Å²) < 4.78 is 0. The van der Waals surface area contributed by atoms with E-state index in [0.717, 1.165) is 13.1 Å². The standard InChI is InChI=1S/C16H26N2O/c1-4-5-12-17(2)13-11-16(19)18(3)14-15-9-7-6-8-10-15/h6-10H,4-5,11-14H2,1-3H3. The van der Waals surface area contributed by atoms with Crippen LogP contribution in [0.4, 0.5) is 0 Å². The van der Waals surface area contributed by atoms with Gasteiger partial charge in [-0.15, -0.1) is 0 Å². The number of carbonyl (C=O) groups excluding carboxylic acids is 1. The van der Waals surface area contributed by atoms with Crippen LogP contribution in [0.2, 0.25) is 0 Å². The van der Waals surface area contributed by atoms with E-state index in [-0.39, 0.29) is 5.91 Å². The summed E-state index contributed by atoms with van der Waals surface area (Å²) in [7, 11) is 3.96. The second-order valence-electron chi connectivity index (χ2n) is 5.14. The second kappa shape index (κ2) is 8.70. The molecule has 0 bridgehead atoms. The molecule has 1 amide bonds. The van der Waals surface area contributed by atoms with Gasteiger partial charge in [-0.2, -0.15) is 0 Å². The Hall–Kier alpha value is -1.35. The maximum Gasteiger partial charge on any atom is 0.223 e. The molecule has 0 saturated carbocycles. The lowest BCUT2D eigenvalue weighted by atomic mass is 10.2. The number of amides is 1. The van der Waals surface area contributed by atoms with Crippen molar-refractivity contribution in [2.45, 2.75) is 32.7 Å². The molecular weight excluding hydrogens is 236 g/mol. The third-order valence-corrected chi connectivity index (χ3v) is 3.29. The third-order valence-electron chi connectivity index (χ3n) is 3.29. The number of unbranched alkanes of at least 4 members (excludes halogenated alkanes) is 1. The third kappa shape index (κ3) is 6.39. The molecule has 0 fully saturated rings. The smallest absolute Gasteiger partial charge is 0.223 e. The quantitative estimate of drug-likeness (QED) is 0.719. The van der Waals surface area contributed by atoms with E-state index in [4.69, 9.17) is 0 Å². The summed E-state index contributed by atoms with van der Waals surface area (Å²) in [4.78, 5) is 16.1. The molecule has 19 heavy (non-hydrogen) atoms.